The van der Waals surface area contributed by atoms with E-state index in [-0.39, 0.29) is 10.9 Å². The Bertz CT molecular complexity index is 518. The molecule has 1 aliphatic carbocycles. The second-order valence-corrected chi connectivity index (χ2v) is 7.19. The van der Waals surface area contributed by atoms with Crippen molar-refractivity contribution in [1.82, 2.24) is 19.8 Å². The van der Waals surface area contributed by atoms with E-state index in [0.717, 1.165) is 38.6 Å². The molecule has 2 N–H and O–H groups in total. The first kappa shape index (κ1) is 15.5. The van der Waals surface area contributed by atoms with Gasteiger partial charge in [-0.05, 0) is 38.6 Å². The van der Waals surface area contributed by atoms with Gasteiger partial charge in [0.15, 0.2) is 0 Å². The summed E-state index contributed by atoms with van der Waals surface area (Å²) < 4.78 is 28.7. The summed E-state index contributed by atoms with van der Waals surface area (Å²) in [5.74, 6) is 0. The predicted octanol–water partition coefficient (Wildman–Crippen LogP) is 1.01. The van der Waals surface area contributed by atoms with E-state index in [9.17, 15) is 8.42 Å². The van der Waals surface area contributed by atoms with Crippen LogP contribution in [0.1, 0.15) is 39.0 Å². The lowest BCUT2D eigenvalue weighted by atomic mass is 9.92. The molecule has 0 saturated heterocycles. The van der Waals surface area contributed by atoms with E-state index in [4.69, 9.17) is 0 Å². The number of hydrogen-bond acceptors (Lipinski definition) is 4. The van der Waals surface area contributed by atoms with Gasteiger partial charge in [0.25, 0.3) is 0 Å². The SMILES string of the molecule is CCCNC1CCC(NS(=O)(=O)c2cnn(C)c2)CC1. The number of aryl methyl sites for hydroxylation is 1. The monoisotopic (exact) mass is 300 g/mol. The molecule has 1 fully saturated rings. The average Bonchev–Trinajstić information content (AvgIpc) is 2.85. The predicted molar refractivity (Wildman–Crippen MR) is 77.9 cm³/mol. The Balaban J connectivity index is 1.86. The lowest BCUT2D eigenvalue weighted by Crippen LogP contribution is -2.42. The van der Waals surface area contributed by atoms with Gasteiger partial charge in [-0.2, -0.15) is 5.10 Å². The summed E-state index contributed by atoms with van der Waals surface area (Å²) in [7, 11) is -1.72. The van der Waals surface area contributed by atoms with Crippen molar-refractivity contribution in [3.05, 3.63) is 12.4 Å². The van der Waals surface area contributed by atoms with Gasteiger partial charge in [-0.1, -0.05) is 6.92 Å². The highest BCUT2D eigenvalue weighted by molar-refractivity contribution is 7.89. The molecule has 0 atom stereocenters. The minimum atomic E-state index is -3.43. The van der Waals surface area contributed by atoms with Gasteiger partial charge in [0.2, 0.25) is 10.0 Å². The van der Waals surface area contributed by atoms with E-state index in [0.29, 0.717) is 6.04 Å². The van der Waals surface area contributed by atoms with Crippen LogP contribution in [0.4, 0.5) is 0 Å². The normalized spacial score (nSPS) is 23.9. The first-order valence-corrected chi connectivity index (χ1v) is 8.74. The summed E-state index contributed by atoms with van der Waals surface area (Å²) in [6, 6.07) is 0.578. The molecule has 1 aliphatic rings. The van der Waals surface area contributed by atoms with Crippen molar-refractivity contribution >= 4 is 10.0 Å². The maximum atomic E-state index is 12.2. The Morgan fingerprint density at radius 1 is 1.30 bits per heavy atom. The van der Waals surface area contributed by atoms with Crippen molar-refractivity contribution in [2.24, 2.45) is 7.05 Å². The Morgan fingerprint density at radius 3 is 2.50 bits per heavy atom. The highest BCUT2D eigenvalue weighted by atomic mass is 32.2. The summed E-state index contributed by atoms with van der Waals surface area (Å²) in [5.41, 5.74) is 0. The number of nitrogens with zero attached hydrogens (tertiary/aromatic N) is 2. The highest BCUT2D eigenvalue weighted by Gasteiger charge is 2.26. The van der Waals surface area contributed by atoms with Crippen molar-refractivity contribution in [3.8, 4) is 0 Å². The lowest BCUT2D eigenvalue weighted by Gasteiger charge is -2.29. The molecule has 114 valence electrons. The molecular weight excluding hydrogens is 276 g/mol. The van der Waals surface area contributed by atoms with E-state index in [1.807, 2.05) is 0 Å². The largest absolute Gasteiger partial charge is 0.314 e. The Morgan fingerprint density at radius 2 is 1.95 bits per heavy atom. The Hall–Kier alpha value is -0.920. The standard InChI is InChI=1S/C13H24N4O2S/c1-3-8-14-11-4-6-12(7-5-11)16-20(18,19)13-9-15-17(2)10-13/h9-12,14,16H,3-8H2,1-2H3. The minimum absolute atomic E-state index is 0.0416. The fraction of sp³-hybridized carbons (Fsp3) is 0.769. The molecule has 0 aliphatic heterocycles. The molecule has 0 aromatic carbocycles. The molecule has 1 aromatic heterocycles. The quantitative estimate of drug-likeness (QED) is 0.822. The van der Waals surface area contributed by atoms with Crippen molar-refractivity contribution in [3.63, 3.8) is 0 Å². The van der Waals surface area contributed by atoms with Gasteiger partial charge in [-0.3, -0.25) is 4.68 Å². The van der Waals surface area contributed by atoms with E-state index >= 15 is 0 Å². The number of hydrogen-bond donors (Lipinski definition) is 2. The molecule has 0 unspecified atom stereocenters. The smallest absolute Gasteiger partial charge is 0.243 e. The molecular formula is C13H24N4O2S. The van der Waals surface area contributed by atoms with Crippen molar-refractivity contribution in [2.75, 3.05) is 6.54 Å². The first-order valence-electron chi connectivity index (χ1n) is 7.25. The minimum Gasteiger partial charge on any atom is -0.314 e. The van der Waals surface area contributed by atoms with Gasteiger partial charge < -0.3 is 5.32 Å². The van der Waals surface area contributed by atoms with E-state index in [1.54, 1.807) is 7.05 Å². The molecule has 0 bridgehead atoms. The van der Waals surface area contributed by atoms with Crippen LogP contribution < -0.4 is 10.0 Å². The Kier molecular flexibility index (Phi) is 5.17. The molecule has 0 radical (unpaired) electrons. The van der Waals surface area contributed by atoms with Crippen molar-refractivity contribution in [2.45, 2.75) is 56.0 Å². The van der Waals surface area contributed by atoms with Gasteiger partial charge in [-0.25, -0.2) is 13.1 Å². The molecule has 0 spiro atoms. The maximum absolute atomic E-state index is 12.2. The second-order valence-electron chi connectivity index (χ2n) is 5.47. The van der Waals surface area contributed by atoms with Gasteiger partial charge in [0.1, 0.15) is 4.90 Å². The van der Waals surface area contributed by atoms with E-state index in [2.05, 4.69) is 22.1 Å². The summed E-state index contributed by atoms with van der Waals surface area (Å²) in [6.07, 6.45) is 7.88. The van der Waals surface area contributed by atoms with Crippen LogP contribution in [0.25, 0.3) is 0 Å². The number of sulfonamides is 1. The highest BCUT2D eigenvalue weighted by Crippen LogP contribution is 2.20. The van der Waals surface area contributed by atoms with Crippen LogP contribution in [-0.2, 0) is 17.1 Å². The molecule has 1 saturated carbocycles. The fourth-order valence-corrected chi connectivity index (χ4v) is 3.88. The average molecular weight is 300 g/mol. The topological polar surface area (TPSA) is 76.0 Å². The van der Waals surface area contributed by atoms with Crippen LogP contribution in [0.5, 0.6) is 0 Å². The van der Waals surface area contributed by atoms with Crippen molar-refractivity contribution < 1.29 is 8.42 Å². The van der Waals surface area contributed by atoms with Gasteiger partial charge >= 0.3 is 0 Å². The molecule has 7 heteroatoms. The molecule has 1 heterocycles. The van der Waals surface area contributed by atoms with Crippen molar-refractivity contribution in [1.29, 1.82) is 0 Å². The molecule has 6 nitrogen and oxygen atoms in total. The zero-order valence-corrected chi connectivity index (χ0v) is 13.0. The molecule has 20 heavy (non-hydrogen) atoms. The zero-order valence-electron chi connectivity index (χ0n) is 12.2. The van der Waals surface area contributed by atoms with Gasteiger partial charge in [0.05, 0.1) is 6.20 Å². The number of rotatable bonds is 6. The molecule has 2 rings (SSSR count). The molecule has 1 aromatic rings. The first-order chi connectivity index (χ1) is 9.51. The molecule has 0 amide bonds. The van der Waals surface area contributed by atoms with Gasteiger partial charge in [0, 0.05) is 25.3 Å². The second kappa shape index (κ2) is 6.69. The summed E-state index contributed by atoms with van der Waals surface area (Å²) >= 11 is 0. The summed E-state index contributed by atoms with van der Waals surface area (Å²) in [6.45, 7) is 3.19. The van der Waals surface area contributed by atoms with Crippen LogP contribution >= 0.6 is 0 Å². The number of nitrogens with one attached hydrogen (secondary N) is 2. The van der Waals surface area contributed by atoms with E-state index < -0.39 is 10.0 Å². The van der Waals surface area contributed by atoms with Crippen LogP contribution in [-0.4, -0.2) is 36.8 Å². The van der Waals surface area contributed by atoms with Crippen LogP contribution in [0.15, 0.2) is 17.3 Å². The Labute approximate surface area is 121 Å². The van der Waals surface area contributed by atoms with Crippen LogP contribution in [0.3, 0.4) is 0 Å². The third-order valence-corrected chi connectivity index (χ3v) is 5.20. The third kappa shape index (κ3) is 4.04. The van der Waals surface area contributed by atoms with Crippen LogP contribution in [0.2, 0.25) is 0 Å². The zero-order chi connectivity index (χ0) is 14.6. The van der Waals surface area contributed by atoms with Gasteiger partial charge in [-0.15, -0.1) is 0 Å². The third-order valence-electron chi connectivity index (χ3n) is 3.72. The summed E-state index contributed by atoms with van der Waals surface area (Å²) in [5, 5.41) is 7.41. The van der Waals surface area contributed by atoms with E-state index in [1.165, 1.54) is 17.1 Å². The van der Waals surface area contributed by atoms with Crippen LogP contribution in [0, 0.1) is 0 Å². The maximum Gasteiger partial charge on any atom is 0.243 e. The number of aromatic nitrogens is 2. The lowest BCUT2D eigenvalue weighted by molar-refractivity contribution is 0.330. The fourth-order valence-electron chi connectivity index (χ4n) is 2.59. The summed E-state index contributed by atoms with van der Waals surface area (Å²) in [4.78, 5) is 0.242.